The van der Waals surface area contributed by atoms with E-state index in [1.165, 1.54) is 50.5 Å². The molecule has 0 aromatic heterocycles. The molecule has 0 aromatic carbocycles. The number of hydrogen-bond acceptors (Lipinski definition) is 1. The van der Waals surface area contributed by atoms with Crippen LogP contribution in [0.25, 0.3) is 0 Å². The molecule has 1 unspecified atom stereocenters. The lowest BCUT2D eigenvalue weighted by molar-refractivity contribution is 0.132. The first-order chi connectivity index (χ1) is 6.72. The summed E-state index contributed by atoms with van der Waals surface area (Å²) in [5.74, 6) is 0. The van der Waals surface area contributed by atoms with Crippen molar-refractivity contribution in [2.45, 2.75) is 64.4 Å². The molecule has 0 heterocycles. The molecule has 0 spiro atoms. The Bertz CT molecular complexity index is 225. The van der Waals surface area contributed by atoms with Crippen LogP contribution in [0.3, 0.4) is 0 Å². The van der Waals surface area contributed by atoms with Crippen LogP contribution in [0.4, 0.5) is 0 Å². The summed E-state index contributed by atoms with van der Waals surface area (Å²) in [4.78, 5) is 0. The molecule has 1 saturated carbocycles. The van der Waals surface area contributed by atoms with Gasteiger partial charge in [-0.2, -0.15) is 0 Å². The molecule has 1 heteroatoms. The number of hydrogen-bond donors (Lipinski definition) is 1. The van der Waals surface area contributed by atoms with Crippen LogP contribution in [-0.2, 0) is 0 Å². The third-order valence-corrected chi connectivity index (χ3v) is 3.88. The molecule has 0 saturated heterocycles. The highest BCUT2D eigenvalue weighted by molar-refractivity contribution is 5.16. The standard InChI is InChI=1S/C13H22O/c1-13(9-10-13)12(14)11-7-5-3-2-4-6-8-11/h7,12,14H,2-6,8-10H2,1H3/b11-7+. The van der Waals surface area contributed by atoms with E-state index in [1.807, 2.05) is 0 Å². The van der Waals surface area contributed by atoms with Crippen molar-refractivity contribution in [1.29, 1.82) is 0 Å². The van der Waals surface area contributed by atoms with Gasteiger partial charge in [0.15, 0.2) is 0 Å². The lowest BCUT2D eigenvalue weighted by Gasteiger charge is -2.22. The zero-order chi connectivity index (χ0) is 10.0. The summed E-state index contributed by atoms with van der Waals surface area (Å²) < 4.78 is 0. The van der Waals surface area contributed by atoms with E-state index < -0.39 is 0 Å². The van der Waals surface area contributed by atoms with Crippen LogP contribution >= 0.6 is 0 Å². The molecule has 1 atom stereocenters. The molecule has 2 rings (SSSR count). The van der Waals surface area contributed by atoms with Gasteiger partial charge in [0.1, 0.15) is 0 Å². The van der Waals surface area contributed by atoms with Crippen LogP contribution in [0.1, 0.15) is 58.3 Å². The van der Waals surface area contributed by atoms with Gasteiger partial charge >= 0.3 is 0 Å². The first-order valence-corrected chi connectivity index (χ1v) is 6.09. The van der Waals surface area contributed by atoms with Crippen molar-refractivity contribution in [3.8, 4) is 0 Å². The van der Waals surface area contributed by atoms with Gasteiger partial charge in [-0.3, -0.25) is 0 Å². The highest BCUT2D eigenvalue weighted by atomic mass is 16.3. The maximum absolute atomic E-state index is 10.2. The van der Waals surface area contributed by atoms with Crippen molar-refractivity contribution in [2.24, 2.45) is 5.41 Å². The van der Waals surface area contributed by atoms with Gasteiger partial charge in [0, 0.05) is 0 Å². The average Bonchev–Trinajstić information content (AvgIpc) is 2.83. The van der Waals surface area contributed by atoms with Crippen LogP contribution in [-0.4, -0.2) is 11.2 Å². The van der Waals surface area contributed by atoms with Crippen molar-refractivity contribution in [1.82, 2.24) is 0 Å². The Labute approximate surface area is 87.2 Å². The summed E-state index contributed by atoms with van der Waals surface area (Å²) in [7, 11) is 0. The predicted octanol–water partition coefficient (Wildman–Crippen LogP) is 3.43. The van der Waals surface area contributed by atoms with E-state index in [2.05, 4.69) is 13.0 Å². The van der Waals surface area contributed by atoms with Gasteiger partial charge in [0.25, 0.3) is 0 Å². The SMILES string of the molecule is CC1(C(O)/C2=C/CCCCCC2)CC1. The molecule has 0 aromatic rings. The molecule has 0 bridgehead atoms. The van der Waals surface area contributed by atoms with Gasteiger partial charge in [0.05, 0.1) is 6.10 Å². The number of rotatable bonds is 2. The van der Waals surface area contributed by atoms with E-state index in [0.29, 0.717) is 0 Å². The summed E-state index contributed by atoms with van der Waals surface area (Å²) in [5, 5.41) is 10.2. The summed E-state index contributed by atoms with van der Waals surface area (Å²) in [6.07, 6.45) is 12.2. The number of aliphatic hydroxyl groups excluding tert-OH is 1. The van der Waals surface area contributed by atoms with E-state index in [1.54, 1.807) is 0 Å². The third kappa shape index (κ3) is 2.20. The second-order valence-corrected chi connectivity index (χ2v) is 5.29. The van der Waals surface area contributed by atoms with E-state index >= 15 is 0 Å². The van der Waals surface area contributed by atoms with Crippen molar-refractivity contribution < 1.29 is 5.11 Å². The normalized spacial score (nSPS) is 32.3. The zero-order valence-electron chi connectivity index (χ0n) is 9.26. The van der Waals surface area contributed by atoms with Crippen molar-refractivity contribution in [3.63, 3.8) is 0 Å². The summed E-state index contributed by atoms with van der Waals surface area (Å²) in [5.41, 5.74) is 1.58. The molecule has 1 fully saturated rings. The minimum Gasteiger partial charge on any atom is -0.388 e. The third-order valence-electron chi connectivity index (χ3n) is 3.88. The fraction of sp³-hybridized carbons (Fsp3) is 0.846. The number of allylic oxidation sites excluding steroid dienone is 1. The molecule has 0 amide bonds. The van der Waals surface area contributed by atoms with E-state index in [-0.39, 0.29) is 11.5 Å². The Morgan fingerprint density at radius 1 is 1.21 bits per heavy atom. The Morgan fingerprint density at radius 2 is 1.93 bits per heavy atom. The summed E-state index contributed by atoms with van der Waals surface area (Å²) >= 11 is 0. The molecule has 2 aliphatic rings. The second kappa shape index (κ2) is 4.06. The fourth-order valence-electron chi connectivity index (χ4n) is 2.38. The molecule has 0 aliphatic heterocycles. The van der Waals surface area contributed by atoms with Gasteiger partial charge in [-0.25, -0.2) is 0 Å². The minimum atomic E-state index is -0.138. The molecule has 0 radical (unpaired) electrons. The Balaban J connectivity index is 1.99. The van der Waals surface area contributed by atoms with E-state index in [4.69, 9.17) is 0 Å². The highest BCUT2D eigenvalue weighted by Gasteiger charge is 2.45. The minimum absolute atomic E-state index is 0.138. The van der Waals surface area contributed by atoms with Crippen LogP contribution in [0.2, 0.25) is 0 Å². The van der Waals surface area contributed by atoms with Crippen LogP contribution in [0.5, 0.6) is 0 Å². The molecular weight excluding hydrogens is 172 g/mol. The van der Waals surface area contributed by atoms with Gasteiger partial charge in [-0.15, -0.1) is 0 Å². The maximum Gasteiger partial charge on any atom is 0.0803 e. The maximum atomic E-state index is 10.2. The first-order valence-electron chi connectivity index (χ1n) is 6.09. The monoisotopic (exact) mass is 194 g/mol. The topological polar surface area (TPSA) is 20.2 Å². The zero-order valence-corrected chi connectivity index (χ0v) is 9.26. The summed E-state index contributed by atoms with van der Waals surface area (Å²) in [6, 6.07) is 0. The van der Waals surface area contributed by atoms with Crippen LogP contribution < -0.4 is 0 Å². The van der Waals surface area contributed by atoms with Gasteiger partial charge in [0.2, 0.25) is 0 Å². The highest BCUT2D eigenvalue weighted by Crippen LogP contribution is 2.50. The summed E-state index contributed by atoms with van der Waals surface area (Å²) in [6.45, 7) is 2.22. The average molecular weight is 194 g/mol. The Hall–Kier alpha value is -0.300. The largest absolute Gasteiger partial charge is 0.388 e. The second-order valence-electron chi connectivity index (χ2n) is 5.29. The lowest BCUT2D eigenvalue weighted by Crippen LogP contribution is -2.21. The van der Waals surface area contributed by atoms with Crippen LogP contribution in [0.15, 0.2) is 11.6 Å². The molecule has 2 aliphatic carbocycles. The van der Waals surface area contributed by atoms with E-state index in [9.17, 15) is 5.11 Å². The van der Waals surface area contributed by atoms with Gasteiger partial charge < -0.3 is 5.11 Å². The smallest absolute Gasteiger partial charge is 0.0803 e. The van der Waals surface area contributed by atoms with Crippen molar-refractivity contribution in [3.05, 3.63) is 11.6 Å². The first kappa shape index (κ1) is 10.2. The predicted molar refractivity (Wildman–Crippen MR) is 59.1 cm³/mol. The quantitative estimate of drug-likeness (QED) is 0.668. The molecular formula is C13H22O. The molecule has 80 valence electrons. The number of aliphatic hydroxyl groups is 1. The molecule has 1 nitrogen and oxygen atoms in total. The Morgan fingerprint density at radius 3 is 2.64 bits per heavy atom. The van der Waals surface area contributed by atoms with Crippen molar-refractivity contribution >= 4 is 0 Å². The molecule has 1 N–H and O–H groups in total. The van der Waals surface area contributed by atoms with Gasteiger partial charge in [-0.05, 0) is 49.5 Å². The molecule has 14 heavy (non-hydrogen) atoms. The van der Waals surface area contributed by atoms with Crippen LogP contribution in [0, 0.1) is 5.41 Å². The fourth-order valence-corrected chi connectivity index (χ4v) is 2.38. The van der Waals surface area contributed by atoms with Crippen molar-refractivity contribution in [2.75, 3.05) is 0 Å². The Kier molecular flexibility index (Phi) is 2.96. The van der Waals surface area contributed by atoms with Gasteiger partial charge in [-0.1, -0.05) is 25.8 Å². The van der Waals surface area contributed by atoms with E-state index in [0.717, 1.165) is 6.42 Å². The lowest BCUT2D eigenvalue weighted by atomic mass is 9.88.